The molecule has 0 aromatic heterocycles. The van der Waals surface area contributed by atoms with Gasteiger partial charge in [0.05, 0.1) is 10.00 Å². The highest BCUT2D eigenvalue weighted by molar-refractivity contribution is 8.21. The van der Waals surface area contributed by atoms with Crippen molar-refractivity contribution >= 4 is 29.5 Å². The molecule has 2 nitrogen and oxygen atoms in total. The summed E-state index contributed by atoms with van der Waals surface area (Å²) in [6.45, 7) is 0. The van der Waals surface area contributed by atoms with E-state index in [4.69, 9.17) is 5.11 Å². The molecule has 0 radical (unpaired) electrons. The Bertz CT molecular complexity index is 270. The molecule has 4 heteroatoms. The van der Waals surface area contributed by atoms with Gasteiger partial charge in [-0.25, -0.2) is 0 Å². The van der Waals surface area contributed by atoms with E-state index >= 15 is 0 Å². The monoisotopic (exact) mass is 244 g/mol. The van der Waals surface area contributed by atoms with Gasteiger partial charge >= 0.3 is 5.97 Å². The molecule has 15 heavy (non-hydrogen) atoms. The third kappa shape index (κ3) is 1.44. The summed E-state index contributed by atoms with van der Waals surface area (Å²) in [6, 6.07) is 0. The molecule has 0 amide bonds. The molecule has 0 unspecified atom stereocenters. The second-order valence-electron chi connectivity index (χ2n) is 4.90. The topological polar surface area (TPSA) is 37.3 Å². The Labute approximate surface area is 98.6 Å². The van der Waals surface area contributed by atoms with E-state index in [1.165, 1.54) is 24.3 Å². The Morgan fingerprint density at radius 3 is 2.13 bits per heavy atom. The third-order valence-corrected chi connectivity index (χ3v) is 8.25. The van der Waals surface area contributed by atoms with Crippen molar-refractivity contribution in [1.82, 2.24) is 0 Å². The van der Waals surface area contributed by atoms with Gasteiger partial charge in [0.1, 0.15) is 0 Å². The molecule has 1 aliphatic heterocycles. The largest absolute Gasteiger partial charge is 0.481 e. The number of carboxylic acid groups (broad SMARTS) is 1. The van der Waals surface area contributed by atoms with E-state index in [1.54, 1.807) is 0 Å². The molecule has 1 N–H and O–H groups in total. The second kappa shape index (κ2) is 3.59. The molecule has 3 fully saturated rings. The van der Waals surface area contributed by atoms with E-state index in [0.29, 0.717) is 15.9 Å². The molecule has 1 spiro atoms. The Kier molecular flexibility index (Phi) is 2.47. The van der Waals surface area contributed by atoms with Crippen LogP contribution >= 0.6 is 23.5 Å². The number of thioether (sulfide) groups is 2. The normalized spacial score (nSPS) is 42.3. The van der Waals surface area contributed by atoms with Crippen LogP contribution in [-0.2, 0) is 4.79 Å². The first-order valence-corrected chi connectivity index (χ1v) is 7.70. The van der Waals surface area contributed by atoms with Crippen LogP contribution in [0.15, 0.2) is 0 Å². The summed E-state index contributed by atoms with van der Waals surface area (Å²) in [4.78, 5) is 11.1. The van der Waals surface area contributed by atoms with Crippen LogP contribution in [0.2, 0.25) is 0 Å². The standard InChI is InChI=1S/C11H16O2S2/c12-10(13)7-5-8-1-2-9(6-7)11(8)14-3-4-15-11/h7-9H,1-6H2,(H,12,13)/t8-,9-/m1/s1. The third-order valence-electron chi connectivity index (χ3n) is 4.23. The van der Waals surface area contributed by atoms with E-state index in [-0.39, 0.29) is 5.92 Å². The van der Waals surface area contributed by atoms with Crippen molar-refractivity contribution in [2.45, 2.75) is 29.8 Å². The molecule has 2 saturated carbocycles. The maximum Gasteiger partial charge on any atom is 0.306 e. The second-order valence-corrected chi connectivity index (χ2v) is 7.90. The number of carboxylic acids is 1. The van der Waals surface area contributed by atoms with Crippen LogP contribution in [0, 0.1) is 17.8 Å². The number of hydrogen-bond acceptors (Lipinski definition) is 3. The lowest BCUT2D eigenvalue weighted by Crippen LogP contribution is -2.39. The molecule has 0 aromatic carbocycles. The van der Waals surface area contributed by atoms with Gasteiger partial charge in [-0.15, -0.1) is 23.5 Å². The molecule has 0 aromatic rings. The highest BCUT2D eigenvalue weighted by Crippen LogP contribution is 2.65. The quantitative estimate of drug-likeness (QED) is 0.769. The smallest absolute Gasteiger partial charge is 0.306 e. The van der Waals surface area contributed by atoms with Gasteiger partial charge in [0.2, 0.25) is 0 Å². The fraction of sp³-hybridized carbons (Fsp3) is 0.909. The van der Waals surface area contributed by atoms with Crippen molar-refractivity contribution in [3.63, 3.8) is 0 Å². The van der Waals surface area contributed by atoms with Crippen molar-refractivity contribution < 1.29 is 9.90 Å². The first-order valence-electron chi connectivity index (χ1n) is 5.73. The van der Waals surface area contributed by atoms with Gasteiger partial charge < -0.3 is 5.11 Å². The Hall–Kier alpha value is 0.170. The van der Waals surface area contributed by atoms with Crippen LogP contribution in [0.1, 0.15) is 25.7 Å². The predicted molar refractivity (Wildman–Crippen MR) is 64.2 cm³/mol. The molecular weight excluding hydrogens is 228 g/mol. The zero-order valence-electron chi connectivity index (χ0n) is 8.65. The van der Waals surface area contributed by atoms with Crippen LogP contribution in [0.4, 0.5) is 0 Å². The summed E-state index contributed by atoms with van der Waals surface area (Å²) in [5, 5.41) is 9.12. The van der Waals surface area contributed by atoms with Gasteiger partial charge in [0, 0.05) is 11.5 Å². The van der Waals surface area contributed by atoms with E-state index < -0.39 is 5.97 Å². The summed E-state index contributed by atoms with van der Waals surface area (Å²) in [5.41, 5.74) is 0. The molecule has 84 valence electrons. The summed E-state index contributed by atoms with van der Waals surface area (Å²) >= 11 is 4.26. The number of hydrogen-bond donors (Lipinski definition) is 1. The average Bonchev–Trinajstić information content (AvgIpc) is 2.72. The number of carbonyl (C=O) groups is 1. The molecule has 2 aliphatic carbocycles. The highest BCUT2D eigenvalue weighted by atomic mass is 32.2. The summed E-state index contributed by atoms with van der Waals surface area (Å²) in [7, 11) is 0. The minimum absolute atomic E-state index is 0.0464. The number of aliphatic carboxylic acids is 1. The lowest BCUT2D eigenvalue weighted by molar-refractivity contribution is -0.143. The minimum Gasteiger partial charge on any atom is -0.481 e. The van der Waals surface area contributed by atoms with Crippen LogP contribution < -0.4 is 0 Å². The molecule has 2 bridgehead atoms. The predicted octanol–water partition coefficient (Wildman–Crippen LogP) is 2.68. The van der Waals surface area contributed by atoms with E-state index in [0.717, 1.165) is 12.8 Å². The number of rotatable bonds is 1. The van der Waals surface area contributed by atoms with Crippen LogP contribution in [0.5, 0.6) is 0 Å². The van der Waals surface area contributed by atoms with Gasteiger partial charge in [-0.2, -0.15) is 0 Å². The van der Waals surface area contributed by atoms with Crippen LogP contribution in [0.3, 0.4) is 0 Å². The van der Waals surface area contributed by atoms with Crippen molar-refractivity contribution in [2.24, 2.45) is 17.8 Å². The van der Waals surface area contributed by atoms with Gasteiger partial charge in [0.25, 0.3) is 0 Å². The molecule has 3 aliphatic rings. The minimum atomic E-state index is -0.560. The highest BCUT2D eigenvalue weighted by Gasteiger charge is 2.57. The fourth-order valence-corrected chi connectivity index (χ4v) is 7.54. The first-order chi connectivity index (χ1) is 7.22. The van der Waals surface area contributed by atoms with Gasteiger partial charge in [-0.05, 0) is 37.5 Å². The van der Waals surface area contributed by atoms with E-state index in [1.807, 2.05) is 0 Å². The van der Waals surface area contributed by atoms with Gasteiger partial charge in [0.15, 0.2) is 0 Å². The lowest BCUT2D eigenvalue weighted by Gasteiger charge is -2.41. The van der Waals surface area contributed by atoms with Gasteiger partial charge in [-0.3, -0.25) is 4.79 Å². The SMILES string of the molecule is O=C(O)C1C[C@H]2CC[C@H](C1)C21SCCS1. The molecule has 2 atom stereocenters. The van der Waals surface area contributed by atoms with Crippen LogP contribution in [-0.4, -0.2) is 26.7 Å². The van der Waals surface area contributed by atoms with Crippen molar-refractivity contribution in [1.29, 1.82) is 0 Å². The molecule has 1 heterocycles. The summed E-state index contributed by atoms with van der Waals surface area (Å²) < 4.78 is 0.436. The Morgan fingerprint density at radius 1 is 1.13 bits per heavy atom. The maximum absolute atomic E-state index is 11.1. The average molecular weight is 244 g/mol. The van der Waals surface area contributed by atoms with Crippen molar-refractivity contribution in [2.75, 3.05) is 11.5 Å². The van der Waals surface area contributed by atoms with E-state index in [9.17, 15) is 4.79 Å². The first kappa shape index (κ1) is 10.3. The molecule has 1 saturated heterocycles. The van der Waals surface area contributed by atoms with Crippen molar-refractivity contribution in [3.05, 3.63) is 0 Å². The van der Waals surface area contributed by atoms with E-state index in [2.05, 4.69) is 23.5 Å². The lowest BCUT2D eigenvalue weighted by atomic mass is 9.80. The summed E-state index contributed by atoms with van der Waals surface area (Å²) in [5.74, 6) is 3.29. The zero-order chi connectivity index (χ0) is 10.5. The van der Waals surface area contributed by atoms with Crippen LogP contribution in [0.25, 0.3) is 0 Å². The summed E-state index contributed by atoms with van der Waals surface area (Å²) in [6.07, 6.45) is 4.42. The Balaban J connectivity index is 1.84. The van der Waals surface area contributed by atoms with Crippen molar-refractivity contribution in [3.8, 4) is 0 Å². The maximum atomic E-state index is 11.1. The van der Waals surface area contributed by atoms with Gasteiger partial charge in [-0.1, -0.05) is 0 Å². The zero-order valence-corrected chi connectivity index (χ0v) is 10.3. The fourth-order valence-electron chi connectivity index (χ4n) is 3.60. The molecular formula is C11H16O2S2. The molecule has 3 rings (SSSR count). The Morgan fingerprint density at radius 2 is 1.67 bits per heavy atom.